The molecule has 5 heteroatoms. The van der Waals surface area contributed by atoms with Crippen molar-refractivity contribution in [2.75, 3.05) is 0 Å². The Kier molecular flexibility index (Phi) is 3.54. The highest BCUT2D eigenvalue weighted by Gasteiger charge is 2.17. The van der Waals surface area contributed by atoms with E-state index in [9.17, 15) is 4.79 Å². The molecule has 0 amide bonds. The zero-order valence-electron chi connectivity index (χ0n) is 11.3. The number of aryl methyl sites for hydroxylation is 1. The Bertz CT molecular complexity index is 811. The van der Waals surface area contributed by atoms with Crippen LogP contribution in [0, 0.1) is 6.92 Å². The van der Waals surface area contributed by atoms with Gasteiger partial charge in [-0.2, -0.15) is 0 Å². The largest absolute Gasteiger partial charge is 0.296 e. The van der Waals surface area contributed by atoms with Gasteiger partial charge in [-0.1, -0.05) is 47.1 Å². The molecule has 0 saturated heterocycles. The number of hydrogen-bond donors (Lipinski definition) is 0. The zero-order valence-corrected chi connectivity index (χ0v) is 12.1. The van der Waals surface area contributed by atoms with E-state index >= 15 is 0 Å². The number of benzene rings is 2. The molecule has 0 saturated carbocycles. The van der Waals surface area contributed by atoms with Gasteiger partial charge in [-0.3, -0.25) is 4.79 Å². The Morgan fingerprint density at radius 3 is 2.67 bits per heavy atom. The van der Waals surface area contributed by atoms with Crippen molar-refractivity contribution >= 4 is 17.9 Å². The smallest absolute Gasteiger partial charge is 0.172 e. The van der Waals surface area contributed by atoms with Crippen LogP contribution in [0.4, 0.5) is 0 Å². The molecule has 0 spiro atoms. The molecule has 104 valence electrons. The fourth-order valence-electron chi connectivity index (χ4n) is 2.22. The van der Waals surface area contributed by atoms with E-state index in [-0.39, 0.29) is 5.69 Å². The summed E-state index contributed by atoms with van der Waals surface area (Å²) in [6, 6.07) is 15.1. The lowest BCUT2D eigenvalue weighted by Gasteiger charge is -2.09. The molecule has 0 N–H and O–H groups in total. The molecule has 21 heavy (non-hydrogen) atoms. The van der Waals surface area contributed by atoms with Crippen LogP contribution < -0.4 is 0 Å². The molecule has 3 aromatic rings. The standard InChI is InChI=1S/C16H12ClN3O/c1-11-5-4-6-12(9-11)20-16(15(10-21)18-19-20)13-7-2-3-8-14(13)17/h2-10H,1H3. The number of nitrogens with zero attached hydrogens (tertiary/aromatic N) is 3. The van der Waals surface area contributed by atoms with Crippen LogP contribution in [0.2, 0.25) is 5.02 Å². The number of rotatable bonds is 3. The Hall–Kier alpha value is -2.46. The third-order valence-corrected chi connectivity index (χ3v) is 3.51. The topological polar surface area (TPSA) is 47.8 Å². The van der Waals surface area contributed by atoms with Crippen LogP contribution >= 0.6 is 11.6 Å². The van der Waals surface area contributed by atoms with Crippen molar-refractivity contribution in [3.63, 3.8) is 0 Å². The van der Waals surface area contributed by atoms with Gasteiger partial charge in [-0.05, 0) is 30.7 Å². The highest BCUT2D eigenvalue weighted by Crippen LogP contribution is 2.30. The third kappa shape index (κ3) is 2.45. The summed E-state index contributed by atoms with van der Waals surface area (Å²) >= 11 is 6.25. The van der Waals surface area contributed by atoms with Crippen molar-refractivity contribution in [3.8, 4) is 16.9 Å². The van der Waals surface area contributed by atoms with Gasteiger partial charge in [0.1, 0.15) is 5.69 Å². The summed E-state index contributed by atoms with van der Waals surface area (Å²) in [6.07, 6.45) is 0.692. The molecule has 0 fully saturated rings. The van der Waals surface area contributed by atoms with Crippen molar-refractivity contribution < 1.29 is 4.79 Å². The van der Waals surface area contributed by atoms with Crippen LogP contribution in [-0.4, -0.2) is 21.3 Å². The van der Waals surface area contributed by atoms with Gasteiger partial charge in [0.05, 0.1) is 10.7 Å². The second-order valence-electron chi connectivity index (χ2n) is 4.67. The first-order chi connectivity index (χ1) is 10.2. The summed E-state index contributed by atoms with van der Waals surface area (Å²) in [5, 5.41) is 8.59. The average Bonchev–Trinajstić information content (AvgIpc) is 2.91. The molecule has 1 aromatic heterocycles. The van der Waals surface area contributed by atoms with Crippen molar-refractivity contribution in [1.82, 2.24) is 15.0 Å². The normalized spacial score (nSPS) is 10.6. The van der Waals surface area contributed by atoms with Gasteiger partial charge in [-0.15, -0.1) is 5.10 Å². The summed E-state index contributed by atoms with van der Waals surface area (Å²) in [5.74, 6) is 0. The minimum absolute atomic E-state index is 0.268. The molecular formula is C16H12ClN3O. The van der Waals surface area contributed by atoms with Gasteiger partial charge >= 0.3 is 0 Å². The summed E-state index contributed by atoms with van der Waals surface area (Å²) in [7, 11) is 0. The van der Waals surface area contributed by atoms with Crippen LogP contribution in [0.3, 0.4) is 0 Å². The maximum atomic E-state index is 11.3. The van der Waals surface area contributed by atoms with Crippen molar-refractivity contribution in [2.24, 2.45) is 0 Å². The summed E-state index contributed by atoms with van der Waals surface area (Å²) < 4.78 is 1.64. The Balaban J connectivity index is 2.27. The van der Waals surface area contributed by atoms with Gasteiger partial charge < -0.3 is 0 Å². The Morgan fingerprint density at radius 1 is 1.14 bits per heavy atom. The summed E-state index contributed by atoms with van der Waals surface area (Å²) in [6.45, 7) is 2.00. The predicted molar refractivity (Wildman–Crippen MR) is 81.9 cm³/mol. The summed E-state index contributed by atoms with van der Waals surface area (Å²) in [5.41, 5.74) is 3.53. The second-order valence-corrected chi connectivity index (χ2v) is 5.08. The quantitative estimate of drug-likeness (QED) is 0.692. The van der Waals surface area contributed by atoms with E-state index < -0.39 is 0 Å². The maximum absolute atomic E-state index is 11.3. The lowest BCUT2D eigenvalue weighted by Crippen LogP contribution is -2.00. The molecule has 0 aliphatic carbocycles. The minimum atomic E-state index is 0.268. The van der Waals surface area contributed by atoms with Crippen LogP contribution in [0.1, 0.15) is 16.1 Å². The molecule has 0 aliphatic rings. The van der Waals surface area contributed by atoms with E-state index in [4.69, 9.17) is 11.6 Å². The number of hydrogen-bond acceptors (Lipinski definition) is 3. The number of carbonyl (C=O) groups is 1. The van der Waals surface area contributed by atoms with Crippen LogP contribution in [0.5, 0.6) is 0 Å². The third-order valence-electron chi connectivity index (χ3n) is 3.18. The highest BCUT2D eigenvalue weighted by molar-refractivity contribution is 6.33. The van der Waals surface area contributed by atoms with Crippen molar-refractivity contribution in [2.45, 2.75) is 6.92 Å². The summed E-state index contributed by atoms with van der Waals surface area (Å²) in [4.78, 5) is 11.3. The van der Waals surface area contributed by atoms with Gasteiger partial charge in [0.15, 0.2) is 12.0 Å². The molecule has 0 atom stereocenters. The molecule has 0 radical (unpaired) electrons. The van der Waals surface area contributed by atoms with Crippen LogP contribution in [-0.2, 0) is 0 Å². The van der Waals surface area contributed by atoms with E-state index in [1.165, 1.54) is 0 Å². The van der Waals surface area contributed by atoms with E-state index in [0.29, 0.717) is 17.0 Å². The Morgan fingerprint density at radius 2 is 1.95 bits per heavy atom. The lowest BCUT2D eigenvalue weighted by molar-refractivity contribution is 0.111. The minimum Gasteiger partial charge on any atom is -0.296 e. The maximum Gasteiger partial charge on any atom is 0.172 e. The average molecular weight is 298 g/mol. The number of aldehydes is 1. The van der Waals surface area contributed by atoms with E-state index in [2.05, 4.69) is 10.3 Å². The van der Waals surface area contributed by atoms with Crippen molar-refractivity contribution in [3.05, 3.63) is 64.8 Å². The van der Waals surface area contributed by atoms with Gasteiger partial charge in [0, 0.05) is 5.56 Å². The van der Waals surface area contributed by atoms with Crippen molar-refractivity contribution in [1.29, 1.82) is 0 Å². The second kappa shape index (κ2) is 5.50. The first kappa shape index (κ1) is 13.5. The van der Waals surface area contributed by atoms with Gasteiger partial charge in [0.25, 0.3) is 0 Å². The van der Waals surface area contributed by atoms with Crippen LogP contribution in [0.15, 0.2) is 48.5 Å². The van der Waals surface area contributed by atoms with Gasteiger partial charge in [0.2, 0.25) is 0 Å². The first-order valence-corrected chi connectivity index (χ1v) is 6.81. The van der Waals surface area contributed by atoms with E-state index in [0.717, 1.165) is 16.8 Å². The molecule has 4 nitrogen and oxygen atoms in total. The molecule has 2 aromatic carbocycles. The number of halogens is 1. The Labute approximate surface area is 127 Å². The fraction of sp³-hybridized carbons (Fsp3) is 0.0625. The molecule has 0 unspecified atom stereocenters. The molecule has 1 heterocycles. The zero-order chi connectivity index (χ0) is 14.8. The van der Waals surface area contributed by atoms with Gasteiger partial charge in [-0.25, -0.2) is 4.68 Å². The molecule has 3 rings (SSSR count). The monoisotopic (exact) mass is 297 g/mol. The number of carbonyl (C=O) groups excluding carboxylic acids is 1. The molecule has 0 bridgehead atoms. The number of aromatic nitrogens is 3. The fourth-order valence-corrected chi connectivity index (χ4v) is 2.44. The highest BCUT2D eigenvalue weighted by atomic mass is 35.5. The SMILES string of the molecule is Cc1cccc(-n2nnc(C=O)c2-c2ccccc2Cl)c1. The van der Waals surface area contributed by atoms with Crippen LogP contribution in [0.25, 0.3) is 16.9 Å². The predicted octanol–water partition coefficient (Wildman–Crippen LogP) is 3.71. The first-order valence-electron chi connectivity index (χ1n) is 6.43. The molecular weight excluding hydrogens is 286 g/mol. The van der Waals surface area contributed by atoms with E-state index in [1.807, 2.05) is 49.4 Å². The molecule has 0 aliphatic heterocycles. The van der Waals surface area contributed by atoms with E-state index in [1.54, 1.807) is 10.7 Å². The lowest BCUT2D eigenvalue weighted by atomic mass is 10.1.